The Hall–Kier alpha value is -1.66. The molecule has 0 spiro atoms. The number of aromatic nitrogens is 2. The highest BCUT2D eigenvalue weighted by molar-refractivity contribution is 7.89. The predicted octanol–water partition coefficient (Wildman–Crippen LogP) is 2.50. The summed E-state index contributed by atoms with van der Waals surface area (Å²) >= 11 is 0. The van der Waals surface area contributed by atoms with Crippen LogP contribution in [0.15, 0.2) is 35.4 Å². The Kier molecular flexibility index (Phi) is 5.03. The molecule has 1 aromatic heterocycles. The quantitative estimate of drug-likeness (QED) is 0.821. The molecule has 0 saturated carbocycles. The molecule has 0 bridgehead atoms. The first-order valence-electron chi connectivity index (χ1n) is 7.39. The van der Waals surface area contributed by atoms with Crippen molar-refractivity contribution in [3.05, 3.63) is 47.3 Å². The molecule has 0 amide bonds. The fourth-order valence-electron chi connectivity index (χ4n) is 2.32. The van der Waals surface area contributed by atoms with Gasteiger partial charge in [0.25, 0.3) is 0 Å². The average molecular weight is 321 g/mol. The van der Waals surface area contributed by atoms with Crippen LogP contribution < -0.4 is 0 Å². The Labute approximate surface area is 132 Å². The van der Waals surface area contributed by atoms with Gasteiger partial charge in [-0.1, -0.05) is 25.5 Å². The summed E-state index contributed by atoms with van der Waals surface area (Å²) in [6, 6.07) is 7.15. The van der Waals surface area contributed by atoms with Crippen LogP contribution in [0, 0.1) is 6.92 Å². The standard InChI is InChI=1S/C16H23N3O2S/c1-5-6-14-7-9-16(10-8-14)22(20,21)18(3)12-15-11-17-19(4)13(15)2/h7-11H,5-6,12H2,1-4H3. The Morgan fingerprint density at radius 3 is 2.36 bits per heavy atom. The van der Waals surface area contributed by atoms with Crippen LogP contribution in [0.5, 0.6) is 0 Å². The van der Waals surface area contributed by atoms with E-state index in [2.05, 4.69) is 12.0 Å². The predicted molar refractivity (Wildman–Crippen MR) is 87.0 cm³/mol. The highest BCUT2D eigenvalue weighted by Crippen LogP contribution is 2.19. The Bertz CT molecular complexity index is 733. The van der Waals surface area contributed by atoms with Gasteiger partial charge >= 0.3 is 0 Å². The number of benzene rings is 1. The smallest absolute Gasteiger partial charge is 0.243 e. The fraction of sp³-hybridized carbons (Fsp3) is 0.438. The van der Waals surface area contributed by atoms with Crippen molar-refractivity contribution >= 4 is 10.0 Å². The summed E-state index contributed by atoms with van der Waals surface area (Å²) in [5, 5.41) is 4.15. The van der Waals surface area contributed by atoms with E-state index in [1.165, 1.54) is 4.31 Å². The molecule has 0 saturated heterocycles. The van der Waals surface area contributed by atoms with Crippen molar-refractivity contribution in [2.45, 2.75) is 38.1 Å². The first kappa shape index (κ1) is 16.7. The van der Waals surface area contributed by atoms with Crippen molar-refractivity contribution in [2.75, 3.05) is 7.05 Å². The highest BCUT2D eigenvalue weighted by atomic mass is 32.2. The lowest BCUT2D eigenvalue weighted by molar-refractivity contribution is 0.465. The fourth-order valence-corrected chi connectivity index (χ4v) is 3.47. The zero-order chi connectivity index (χ0) is 16.3. The van der Waals surface area contributed by atoms with Gasteiger partial charge in [0.1, 0.15) is 0 Å². The Morgan fingerprint density at radius 1 is 1.23 bits per heavy atom. The summed E-state index contributed by atoms with van der Waals surface area (Å²) in [5.74, 6) is 0. The minimum absolute atomic E-state index is 0.318. The maximum atomic E-state index is 12.6. The highest BCUT2D eigenvalue weighted by Gasteiger charge is 2.22. The molecular weight excluding hydrogens is 298 g/mol. The molecule has 0 N–H and O–H groups in total. The van der Waals surface area contributed by atoms with E-state index in [-0.39, 0.29) is 0 Å². The van der Waals surface area contributed by atoms with E-state index in [1.807, 2.05) is 26.1 Å². The summed E-state index contributed by atoms with van der Waals surface area (Å²) in [6.45, 7) is 4.36. The molecule has 0 aliphatic carbocycles. The summed E-state index contributed by atoms with van der Waals surface area (Å²) < 4.78 is 28.4. The molecule has 0 aliphatic rings. The number of sulfonamides is 1. The minimum Gasteiger partial charge on any atom is -0.273 e. The monoisotopic (exact) mass is 321 g/mol. The second-order valence-electron chi connectivity index (χ2n) is 5.53. The van der Waals surface area contributed by atoms with Crippen LogP contribution >= 0.6 is 0 Å². The second kappa shape index (κ2) is 6.62. The van der Waals surface area contributed by atoms with Crippen molar-refractivity contribution in [2.24, 2.45) is 7.05 Å². The second-order valence-corrected chi connectivity index (χ2v) is 7.58. The lowest BCUT2D eigenvalue weighted by Crippen LogP contribution is -2.26. The number of hydrogen-bond acceptors (Lipinski definition) is 3. The van der Waals surface area contributed by atoms with E-state index >= 15 is 0 Å². The van der Waals surface area contributed by atoms with Gasteiger partial charge in [-0.25, -0.2) is 8.42 Å². The van der Waals surface area contributed by atoms with Gasteiger partial charge in [0.05, 0.1) is 11.1 Å². The lowest BCUT2D eigenvalue weighted by Gasteiger charge is -2.17. The number of nitrogens with zero attached hydrogens (tertiary/aromatic N) is 3. The first-order valence-corrected chi connectivity index (χ1v) is 8.83. The van der Waals surface area contributed by atoms with Gasteiger partial charge in [-0.15, -0.1) is 0 Å². The third-order valence-electron chi connectivity index (χ3n) is 3.90. The van der Waals surface area contributed by atoms with E-state index in [4.69, 9.17) is 0 Å². The van der Waals surface area contributed by atoms with E-state index in [0.29, 0.717) is 11.4 Å². The molecule has 0 fully saturated rings. The SMILES string of the molecule is CCCc1ccc(S(=O)(=O)N(C)Cc2cnn(C)c2C)cc1. The maximum absolute atomic E-state index is 12.6. The molecule has 0 radical (unpaired) electrons. The van der Waals surface area contributed by atoms with Crippen LogP contribution in [0.3, 0.4) is 0 Å². The zero-order valence-electron chi connectivity index (χ0n) is 13.6. The molecule has 0 atom stereocenters. The average Bonchev–Trinajstić information content (AvgIpc) is 2.80. The van der Waals surface area contributed by atoms with Crippen molar-refractivity contribution in [1.29, 1.82) is 0 Å². The topological polar surface area (TPSA) is 55.2 Å². The maximum Gasteiger partial charge on any atom is 0.243 e. The van der Waals surface area contributed by atoms with Gasteiger partial charge in [-0.2, -0.15) is 9.40 Å². The van der Waals surface area contributed by atoms with Gasteiger partial charge in [-0.3, -0.25) is 4.68 Å². The van der Waals surface area contributed by atoms with Crippen LogP contribution in [0.2, 0.25) is 0 Å². The van der Waals surface area contributed by atoms with Crippen molar-refractivity contribution in [3.8, 4) is 0 Å². The van der Waals surface area contributed by atoms with Crippen LogP contribution in [-0.2, 0) is 30.0 Å². The number of rotatable bonds is 6. The molecule has 5 nitrogen and oxygen atoms in total. The van der Waals surface area contributed by atoms with Gasteiger partial charge in [0.2, 0.25) is 10.0 Å². The van der Waals surface area contributed by atoms with Crippen LogP contribution in [0.4, 0.5) is 0 Å². The molecule has 6 heteroatoms. The van der Waals surface area contributed by atoms with Crippen molar-refractivity contribution < 1.29 is 8.42 Å². The van der Waals surface area contributed by atoms with Gasteiger partial charge in [0, 0.05) is 31.9 Å². The Morgan fingerprint density at radius 2 is 1.86 bits per heavy atom. The van der Waals surface area contributed by atoms with Crippen molar-refractivity contribution in [3.63, 3.8) is 0 Å². The molecule has 22 heavy (non-hydrogen) atoms. The Balaban J connectivity index is 2.20. The molecular formula is C16H23N3O2S. The first-order chi connectivity index (χ1) is 10.4. The van der Waals surface area contributed by atoms with E-state index in [1.54, 1.807) is 30.1 Å². The third-order valence-corrected chi connectivity index (χ3v) is 5.72. The van der Waals surface area contributed by atoms with E-state index in [0.717, 1.165) is 29.7 Å². The molecule has 0 aliphatic heterocycles. The van der Waals surface area contributed by atoms with Crippen molar-refractivity contribution in [1.82, 2.24) is 14.1 Å². The largest absolute Gasteiger partial charge is 0.273 e. The summed E-state index contributed by atoms with van der Waals surface area (Å²) in [5.41, 5.74) is 3.05. The van der Waals surface area contributed by atoms with E-state index < -0.39 is 10.0 Å². The summed E-state index contributed by atoms with van der Waals surface area (Å²) in [6.07, 6.45) is 3.73. The van der Waals surface area contributed by atoms with E-state index in [9.17, 15) is 8.42 Å². The number of hydrogen-bond donors (Lipinski definition) is 0. The summed E-state index contributed by atoms with van der Waals surface area (Å²) in [4.78, 5) is 0.330. The lowest BCUT2D eigenvalue weighted by atomic mass is 10.1. The van der Waals surface area contributed by atoms with Gasteiger partial charge in [-0.05, 0) is 31.0 Å². The van der Waals surface area contributed by atoms with Crippen LogP contribution in [0.1, 0.15) is 30.2 Å². The zero-order valence-corrected chi connectivity index (χ0v) is 14.4. The summed E-state index contributed by atoms with van der Waals surface area (Å²) in [7, 11) is -0.0341. The van der Waals surface area contributed by atoms with Gasteiger partial charge < -0.3 is 0 Å². The molecule has 120 valence electrons. The minimum atomic E-state index is -3.48. The molecule has 0 unspecified atom stereocenters. The molecule has 2 aromatic rings. The number of aryl methyl sites for hydroxylation is 2. The van der Waals surface area contributed by atoms with Gasteiger partial charge in [0.15, 0.2) is 0 Å². The molecule has 2 rings (SSSR count). The van der Waals surface area contributed by atoms with Crippen LogP contribution in [0.25, 0.3) is 0 Å². The normalized spacial score (nSPS) is 12.0. The third kappa shape index (κ3) is 3.39. The molecule has 1 aromatic carbocycles. The molecule has 1 heterocycles. The van der Waals surface area contributed by atoms with Crippen LogP contribution in [-0.4, -0.2) is 29.6 Å².